The zero-order chi connectivity index (χ0) is 20.4. The number of carbonyl (C=O) groups is 2. The fraction of sp³-hybridized carbons (Fsp3) is 0.222. The molecule has 0 radical (unpaired) electrons. The second-order valence-electron chi connectivity index (χ2n) is 6.04. The summed E-state index contributed by atoms with van der Waals surface area (Å²) in [6.45, 7) is 2.19. The van der Waals surface area contributed by atoms with Crippen molar-refractivity contribution in [3.05, 3.63) is 58.6 Å². The van der Waals surface area contributed by atoms with Gasteiger partial charge in [0.05, 0.1) is 10.7 Å². The van der Waals surface area contributed by atoms with E-state index in [1.54, 1.807) is 18.2 Å². The van der Waals surface area contributed by atoms with Gasteiger partial charge in [-0.25, -0.2) is 0 Å². The number of hydrogen-bond donors (Lipinski definition) is 3. The normalized spacial score (nSPS) is 13.6. The summed E-state index contributed by atoms with van der Waals surface area (Å²) in [7, 11) is 0. The molecule has 9 heteroatoms. The molecule has 1 unspecified atom stereocenters. The maximum Gasteiger partial charge on any atom is 0.426 e. The molecule has 2 rings (SSSR count). The summed E-state index contributed by atoms with van der Waals surface area (Å²) in [5.41, 5.74) is -2.10. The lowest BCUT2D eigenvalue weighted by Crippen LogP contribution is -2.52. The molecule has 0 aromatic heterocycles. The fourth-order valence-corrected chi connectivity index (χ4v) is 2.28. The second-order valence-corrected chi connectivity index (χ2v) is 6.45. The van der Waals surface area contributed by atoms with Gasteiger partial charge in [-0.15, -0.1) is 0 Å². The Hall–Kier alpha value is -2.58. The first-order valence-corrected chi connectivity index (χ1v) is 8.08. The maximum absolute atomic E-state index is 12.7. The van der Waals surface area contributed by atoms with E-state index in [0.717, 1.165) is 5.56 Å². The van der Waals surface area contributed by atoms with E-state index in [2.05, 4.69) is 5.32 Å². The zero-order valence-corrected chi connectivity index (χ0v) is 15.1. The highest BCUT2D eigenvalue weighted by atomic mass is 35.5. The molecule has 2 aromatic carbocycles. The van der Waals surface area contributed by atoms with Crippen molar-refractivity contribution in [1.82, 2.24) is 0 Å². The summed E-state index contributed by atoms with van der Waals surface area (Å²) in [4.78, 5) is 24.0. The van der Waals surface area contributed by atoms with Crippen molar-refractivity contribution in [1.29, 1.82) is 0 Å². The molecule has 144 valence electrons. The first-order chi connectivity index (χ1) is 12.4. The van der Waals surface area contributed by atoms with Gasteiger partial charge in [0.1, 0.15) is 0 Å². The molecule has 0 aliphatic carbocycles. The van der Waals surface area contributed by atoms with Gasteiger partial charge in [0, 0.05) is 11.3 Å². The number of alkyl halides is 3. The van der Waals surface area contributed by atoms with Gasteiger partial charge in [-0.1, -0.05) is 23.7 Å². The number of aryl methyl sites for hydroxylation is 1. The Balaban J connectivity index is 2.15. The van der Waals surface area contributed by atoms with Gasteiger partial charge in [0.2, 0.25) is 5.60 Å². The third kappa shape index (κ3) is 4.78. The Bertz CT molecular complexity index is 882. The molecule has 0 heterocycles. The van der Waals surface area contributed by atoms with Crippen molar-refractivity contribution in [2.24, 2.45) is 0 Å². The van der Waals surface area contributed by atoms with E-state index < -0.39 is 23.6 Å². The molecule has 0 aliphatic rings. The van der Waals surface area contributed by atoms with Crippen LogP contribution in [0, 0.1) is 6.92 Å². The highest BCUT2D eigenvalue weighted by molar-refractivity contribution is 6.34. The molecule has 5 nitrogen and oxygen atoms in total. The van der Waals surface area contributed by atoms with Crippen molar-refractivity contribution < 1.29 is 27.9 Å². The molecule has 2 amide bonds. The number of nitrogens with one attached hydrogen (secondary N) is 2. The molecule has 0 bridgehead atoms. The number of hydrogen-bond acceptors (Lipinski definition) is 3. The first kappa shape index (κ1) is 20.7. The van der Waals surface area contributed by atoms with E-state index in [4.69, 9.17) is 11.6 Å². The van der Waals surface area contributed by atoms with Gasteiger partial charge >= 0.3 is 6.18 Å². The molecule has 0 fully saturated rings. The average Bonchev–Trinajstić information content (AvgIpc) is 2.55. The van der Waals surface area contributed by atoms with Crippen LogP contribution in [0.15, 0.2) is 42.5 Å². The second kappa shape index (κ2) is 7.58. The molecule has 0 spiro atoms. The third-order valence-electron chi connectivity index (χ3n) is 3.75. The number of carbonyl (C=O) groups excluding carboxylic acids is 2. The first-order valence-electron chi connectivity index (χ1n) is 7.70. The van der Waals surface area contributed by atoms with Gasteiger partial charge in [-0.05, 0) is 49.7 Å². The van der Waals surface area contributed by atoms with Crippen LogP contribution in [0.5, 0.6) is 0 Å². The Labute approximate surface area is 158 Å². The number of anilines is 2. The van der Waals surface area contributed by atoms with Crippen LogP contribution in [0.3, 0.4) is 0 Å². The predicted molar refractivity (Wildman–Crippen MR) is 95.9 cm³/mol. The largest absolute Gasteiger partial charge is 0.426 e. The van der Waals surface area contributed by atoms with Crippen LogP contribution in [-0.4, -0.2) is 28.7 Å². The van der Waals surface area contributed by atoms with E-state index >= 15 is 0 Å². The number of amides is 2. The van der Waals surface area contributed by atoms with Crippen LogP contribution < -0.4 is 10.6 Å². The minimum atomic E-state index is -5.16. The lowest BCUT2D eigenvalue weighted by molar-refractivity contribution is -0.242. The summed E-state index contributed by atoms with van der Waals surface area (Å²) >= 11 is 5.95. The number of rotatable bonds is 4. The molecule has 0 saturated carbocycles. The van der Waals surface area contributed by atoms with Crippen LogP contribution in [0.2, 0.25) is 5.02 Å². The monoisotopic (exact) mass is 400 g/mol. The van der Waals surface area contributed by atoms with Crippen molar-refractivity contribution in [2.75, 3.05) is 10.6 Å². The Kier molecular flexibility index (Phi) is 5.82. The van der Waals surface area contributed by atoms with Crippen LogP contribution in [-0.2, 0) is 4.79 Å². The lowest BCUT2D eigenvalue weighted by Gasteiger charge is -2.25. The Morgan fingerprint density at radius 1 is 1.07 bits per heavy atom. The highest BCUT2D eigenvalue weighted by Gasteiger charge is 2.55. The minimum Gasteiger partial charge on any atom is -0.373 e. The topological polar surface area (TPSA) is 78.4 Å². The number of halogens is 4. The van der Waals surface area contributed by atoms with Gasteiger partial charge < -0.3 is 15.7 Å². The van der Waals surface area contributed by atoms with Crippen molar-refractivity contribution >= 4 is 34.8 Å². The molecular formula is C18H16ClF3N2O3. The quantitative estimate of drug-likeness (QED) is 0.721. The maximum atomic E-state index is 12.7. The molecule has 0 aliphatic heterocycles. The van der Waals surface area contributed by atoms with Crippen LogP contribution >= 0.6 is 11.6 Å². The summed E-state index contributed by atoms with van der Waals surface area (Å²) < 4.78 is 38.1. The van der Waals surface area contributed by atoms with Crippen LogP contribution in [0.1, 0.15) is 22.8 Å². The zero-order valence-electron chi connectivity index (χ0n) is 14.3. The lowest BCUT2D eigenvalue weighted by atomic mass is 10.1. The number of aliphatic hydroxyl groups is 1. The Morgan fingerprint density at radius 3 is 2.30 bits per heavy atom. The van der Waals surface area contributed by atoms with E-state index in [-0.39, 0.29) is 16.3 Å². The Morgan fingerprint density at radius 2 is 1.74 bits per heavy atom. The third-order valence-corrected chi connectivity index (χ3v) is 4.06. The van der Waals surface area contributed by atoms with E-state index in [1.165, 1.54) is 18.2 Å². The fourth-order valence-electron chi connectivity index (χ4n) is 2.06. The number of benzene rings is 2. The minimum absolute atomic E-state index is 0.141. The SMILES string of the molecule is Cc1cccc(NC(=O)c2ccc(NC(=O)C(C)(O)C(F)(F)F)c(Cl)c2)c1. The van der Waals surface area contributed by atoms with E-state index in [1.807, 2.05) is 18.3 Å². The van der Waals surface area contributed by atoms with E-state index in [0.29, 0.717) is 12.6 Å². The smallest absolute Gasteiger partial charge is 0.373 e. The van der Waals surface area contributed by atoms with Gasteiger partial charge in [-0.2, -0.15) is 13.2 Å². The van der Waals surface area contributed by atoms with Crippen molar-refractivity contribution in [3.8, 4) is 0 Å². The summed E-state index contributed by atoms with van der Waals surface area (Å²) in [6, 6.07) is 10.7. The van der Waals surface area contributed by atoms with Crippen molar-refractivity contribution in [2.45, 2.75) is 25.6 Å². The standard InChI is InChI=1S/C18H16ClF3N2O3/c1-10-4-3-5-12(8-10)23-15(25)11-6-7-14(13(19)9-11)24-16(26)17(2,27)18(20,21)22/h3-9,27H,1-2H3,(H,23,25)(H,24,26). The molecule has 3 N–H and O–H groups in total. The predicted octanol–water partition coefficient (Wildman–Crippen LogP) is 4.15. The van der Waals surface area contributed by atoms with Crippen LogP contribution in [0.4, 0.5) is 24.5 Å². The molecule has 27 heavy (non-hydrogen) atoms. The van der Waals surface area contributed by atoms with Gasteiger partial charge in [0.25, 0.3) is 11.8 Å². The average molecular weight is 401 g/mol. The summed E-state index contributed by atoms with van der Waals surface area (Å²) in [5, 5.41) is 13.8. The van der Waals surface area contributed by atoms with Crippen molar-refractivity contribution in [3.63, 3.8) is 0 Å². The van der Waals surface area contributed by atoms with Crippen LogP contribution in [0.25, 0.3) is 0 Å². The van der Waals surface area contributed by atoms with E-state index in [9.17, 15) is 27.9 Å². The van der Waals surface area contributed by atoms with Gasteiger partial charge in [-0.3, -0.25) is 9.59 Å². The molecule has 2 aromatic rings. The molecular weight excluding hydrogens is 385 g/mol. The summed E-state index contributed by atoms with van der Waals surface area (Å²) in [5.74, 6) is -2.17. The molecule has 1 atom stereocenters. The molecule has 0 saturated heterocycles. The highest BCUT2D eigenvalue weighted by Crippen LogP contribution is 2.32. The van der Waals surface area contributed by atoms with Gasteiger partial charge in [0.15, 0.2) is 0 Å². The summed E-state index contributed by atoms with van der Waals surface area (Å²) in [6.07, 6.45) is -5.16.